The van der Waals surface area contributed by atoms with E-state index in [1.807, 2.05) is 56.3 Å². The number of fused-ring (bicyclic) bond motifs is 2. The number of anilines is 2. The molecule has 2 aliphatic heterocycles. The van der Waals surface area contributed by atoms with Crippen LogP contribution < -0.4 is 15.1 Å². The molecule has 1 saturated heterocycles. The number of hydrogen-bond donors (Lipinski definition) is 1. The second kappa shape index (κ2) is 10.4. The third-order valence-corrected chi connectivity index (χ3v) is 10.0. The summed E-state index contributed by atoms with van der Waals surface area (Å²) in [6, 6.07) is 21.8. The van der Waals surface area contributed by atoms with E-state index in [1.54, 1.807) is 30.3 Å². The number of aromatic nitrogens is 1. The van der Waals surface area contributed by atoms with Crippen LogP contribution in [0.1, 0.15) is 27.5 Å². The zero-order valence-corrected chi connectivity index (χ0v) is 24.0. The summed E-state index contributed by atoms with van der Waals surface area (Å²) in [5, 5.41) is 3.19. The van der Waals surface area contributed by atoms with Crippen molar-refractivity contribution in [2.45, 2.75) is 36.6 Å². The van der Waals surface area contributed by atoms with Gasteiger partial charge in [0.25, 0.3) is 0 Å². The van der Waals surface area contributed by atoms with Crippen molar-refractivity contribution in [2.75, 3.05) is 10.2 Å². The maximum Gasteiger partial charge on any atom is 0.308 e. The Morgan fingerprint density at radius 3 is 2.35 bits per heavy atom. The van der Waals surface area contributed by atoms with Crippen molar-refractivity contribution in [2.24, 2.45) is 5.92 Å². The van der Waals surface area contributed by atoms with Crippen molar-refractivity contribution >= 4 is 63.8 Å². The Hall–Kier alpha value is -3.66. The van der Waals surface area contributed by atoms with Crippen molar-refractivity contribution in [3.8, 4) is 0 Å². The minimum atomic E-state index is -0.748. The number of thioether (sulfide) groups is 1. The zero-order chi connectivity index (χ0) is 28.1. The number of carbonyl (C=O) groups is 3. The molecule has 0 saturated carbocycles. The van der Waals surface area contributed by atoms with Crippen LogP contribution in [0.2, 0.25) is 5.02 Å². The first-order valence-electron chi connectivity index (χ1n) is 12.7. The Labute approximate surface area is 243 Å². The molecule has 0 spiro atoms. The standard InChI is InChI=1S/C30H24ClN3O4S2/c1-16-6-12-21(13-7-16)34-27(36)24-23(18-8-10-19(31)11-9-18)26-29(39-25(24)28(34)37)33(30(38)40-26)15-22(35)32-20-5-3-4-17(2)14-20/h3-14,23-25H,15H2,1-2H3,(H,32,35)/t23-,24-,25+/m0/s1. The molecule has 2 aliphatic rings. The van der Waals surface area contributed by atoms with Gasteiger partial charge in [-0.25, -0.2) is 4.90 Å². The third kappa shape index (κ3) is 4.68. The van der Waals surface area contributed by atoms with Crippen molar-refractivity contribution in [1.29, 1.82) is 0 Å². The van der Waals surface area contributed by atoms with Gasteiger partial charge in [0.15, 0.2) is 0 Å². The molecule has 3 atom stereocenters. The molecule has 3 amide bonds. The maximum absolute atomic E-state index is 13.9. The van der Waals surface area contributed by atoms with Crippen LogP contribution in [0, 0.1) is 19.8 Å². The van der Waals surface area contributed by atoms with Crippen LogP contribution in [0.15, 0.2) is 82.6 Å². The number of aryl methyl sites for hydroxylation is 2. The van der Waals surface area contributed by atoms with E-state index in [4.69, 9.17) is 11.6 Å². The fourth-order valence-electron chi connectivity index (χ4n) is 5.30. The van der Waals surface area contributed by atoms with Gasteiger partial charge in [-0.2, -0.15) is 0 Å². The second-order valence-corrected chi connectivity index (χ2v) is 12.5. The van der Waals surface area contributed by atoms with E-state index in [0.717, 1.165) is 28.0 Å². The number of rotatable bonds is 5. The molecule has 6 rings (SSSR count). The van der Waals surface area contributed by atoms with Gasteiger partial charge in [-0.3, -0.25) is 23.7 Å². The molecule has 3 heterocycles. The van der Waals surface area contributed by atoms with E-state index in [1.165, 1.54) is 21.2 Å². The highest BCUT2D eigenvalue weighted by Crippen LogP contribution is 2.53. The van der Waals surface area contributed by atoms with E-state index in [-0.39, 0.29) is 29.1 Å². The number of amides is 3. The fourth-order valence-corrected chi connectivity index (χ4v) is 8.20. The highest BCUT2D eigenvalue weighted by atomic mass is 35.5. The largest absolute Gasteiger partial charge is 0.325 e. The average molecular weight is 590 g/mol. The molecule has 1 aromatic heterocycles. The van der Waals surface area contributed by atoms with Crippen molar-refractivity contribution in [1.82, 2.24) is 4.57 Å². The molecule has 7 nitrogen and oxygen atoms in total. The van der Waals surface area contributed by atoms with Crippen LogP contribution in [0.5, 0.6) is 0 Å². The summed E-state index contributed by atoms with van der Waals surface area (Å²) in [5.41, 5.74) is 3.95. The predicted molar refractivity (Wildman–Crippen MR) is 158 cm³/mol. The van der Waals surface area contributed by atoms with Gasteiger partial charge in [-0.15, -0.1) is 0 Å². The van der Waals surface area contributed by atoms with Crippen molar-refractivity contribution in [3.05, 3.63) is 109 Å². The van der Waals surface area contributed by atoms with Crippen LogP contribution >= 0.6 is 34.7 Å². The topological polar surface area (TPSA) is 88.5 Å². The summed E-state index contributed by atoms with van der Waals surface area (Å²) in [4.78, 5) is 55.6. The molecule has 40 heavy (non-hydrogen) atoms. The molecule has 0 radical (unpaired) electrons. The Kier molecular flexibility index (Phi) is 6.90. The Morgan fingerprint density at radius 2 is 1.65 bits per heavy atom. The minimum absolute atomic E-state index is 0.208. The predicted octanol–water partition coefficient (Wildman–Crippen LogP) is 5.61. The first-order valence-corrected chi connectivity index (χ1v) is 14.8. The molecular formula is C30H24ClN3O4S2. The van der Waals surface area contributed by atoms with Gasteiger partial charge in [-0.05, 0) is 61.4 Å². The molecule has 10 heteroatoms. The van der Waals surface area contributed by atoms with E-state index in [9.17, 15) is 19.2 Å². The van der Waals surface area contributed by atoms with Crippen LogP contribution in [-0.4, -0.2) is 27.5 Å². The molecule has 0 aliphatic carbocycles. The summed E-state index contributed by atoms with van der Waals surface area (Å²) in [7, 11) is 0. The van der Waals surface area contributed by atoms with Crippen LogP contribution in [0.3, 0.4) is 0 Å². The molecule has 4 aromatic rings. The van der Waals surface area contributed by atoms with E-state index in [2.05, 4.69) is 5.32 Å². The quantitative estimate of drug-likeness (QED) is 0.306. The number of hydrogen-bond acceptors (Lipinski definition) is 6. The van der Waals surface area contributed by atoms with E-state index >= 15 is 0 Å². The monoisotopic (exact) mass is 589 g/mol. The summed E-state index contributed by atoms with van der Waals surface area (Å²) in [6.07, 6.45) is 0. The van der Waals surface area contributed by atoms with Crippen molar-refractivity contribution < 1.29 is 14.4 Å². The molecule has 202 valence electrons. The Bertz CT molecular complexity index is 1710. The average Bonchev–Trinajstić information content (AvgIpc) is 3.36. The Morgan fingerprint density at radius 1 is 0.925 bits per heavy atom. The number of nitrogens with one attached hydrogen (secondary N) is 1. The SMILES string of the molecule is Cc1ccc(N2C(=O)[C@H]3[C@H](c4ccc(Cl)cc4)c4sc(=O)n(CC(=O)Nc5cccc(C)c5)c4S[C@H]3C2=O)cc1. The van der Waals surface area contributed by atoms with Crippen LogP contribution in [0.25, 0.3) is 0 Å². The third-order valence-electron chi connectivity index (χ3n) is 7.17. The summed E-state index contributed by atoms with van der Waals surface area (Å²) < 4.78 is 1.42. The van der Waals surface area contributed by atoms with Gasteiger partial charge in [0.1, 0.15) is 11.8 Å². The highest BCUT2D eigenvalue weighted by Gasteiger charge is 2.56. The summed E-state index contributed by atoms with van der Waals surface area (Å²) >= 11 is 8.38. The molecule has 1 fully saturated rings. The van der Waals surface area contributed by atoms with Gasteiger partial charge in [0, 0.05) is 21.5 Å². The summed E-state index contributed by atoms with van der Waals surface area (Å²) in [6.45, 7) is 3.66. The lowest BCUT2D eigenvalue weighted by Crippen LogP contribution is -2.33. The van der Waals surface area contributed by atoms with Crippen LogP contribution in [0.4, 0.5) is 11.4 Å². The first-order chi connectivity index (χ1) is 19.2. The highest BCUT2D eigenvalue weighted by molar-refractivity contribution is 8.00. The normalized spacial score (nSPS) is 19.9. The van der Waals surface area contributed by atoms with Gasteiger partial charge < -0.3 is 5.32 Å². The van der Waals surface area contributed by atoms with Crippen LogP contribution in [-0.2, 0) is 20.9 Å². The zero-order valence-electron chi connectivity index (χ0n) is 21.6. The van der Waals surface area contributed by atoms with E-state index < -0.39 is 17.1 Å². The number of halogens is 1. The van der Waals surface area contributed by atoms with Gasteiger partial charge in [-0.1, -0.05) is 76.7 Å². The molecule has 0 bridgehead atoms. The number of carbonyl (C=O) groups excluding carboxylic acids is 3. The first kappa shape index (κ1) is 26.6. The maximum atomic E-state index is 13.9. The lowest BCUT2D eigenvalue weighted by atomic mass is 9.83. The van der Waals surface area contributed by atoms with Crippen molar-refractivity contribution in [3.63, 3.8) is 0 Å². The fraction of sp³-hybridized carbons (Fsp3) is 0.200. The minimum Gasteiger partial charge on any atom is -0.325 e. The lowest BCUT2D eigenvalue weighted by Gasteiger charge is -2.30. The van der Waals surface area contributed by atoms with E-state index in [0.29, 0.717) is 26.3 Å². The Balaban J connectivity index is 1.41. The molecule has 3 aromatic carbocycles. The smallest absolute Gasteiger partial charge is 0.308 e. The van der Waals surface area contributed by atoms with Gasteiger partial charge in [0.2, 0.25) is 17.7 Å². The number of imide groups is 1. The number of nitrogens with zero attached hydrogens (tertiary/aromatic N) is 2. The number of benzene rings is 3. The van der Waals surface area contributed by atoms with Gasteiger partial charge in [0.05, 0.1) is 16.6 Å². The summed E-state index contributed by atoms with van der Waals surface area (Å²) in [5.74, 6) is -2.23. The molecular weight excluding hydrogens is 566 g/mol. The lowest BCUT2D eigenvalue weighted by molar-refractivity contribution is -0.122. The molecule has 0 unspecified atom stereocenters. The number of thiazole rings is 1. The molecule has 1 N–H and O–H groups in total. The second-order valence-electron chi connectivity index (χ2n) is 9.98. The van der Waals surface area contributed by atoms with Gasteiger partial charge >= 0.3 is 4.87 Å².